The summed E-state index contributed by atoms with van der Waals surface area (Å²) in [6.07, 6.45) is 2.25. The highest BCUT2D eigenvalue weighted by Gasteiger charge is 2.03. The molecule has 0 heterocycles. The molecule has 27 heavy (non-hydrogen) atoms. The van der Waals surface area contributed by atoms with Crippen LogP contribution in [0, 0.1) is 6.92 Å². The van der Waals surface area contributed by atoms with Gasteiger partial charge in [0, 0.05) is 12.6 Å². The molecular formula is C25H29NO. The molecule has 0 fully saturated rings. The molecule has 0 bridgehead atoms. The molecule has 0 saturated carbocycles. The Morgan fingerprint density at radius 3 is 2.26 bits per heavy atom. The highest BCUT2D eigenvalue weighted by molar-refractivity contribution is 5.29. The van der Waals surface area contributed by atoms with Crippen LogP contribution in [0.2, 0.25) is 0 Å². The third-order valence-corrected chi connectivity index (χ3v) is 4.94. The second-order valence-electron chi connectivity index (χ2n) is 7.17. The zero-order valence-corrected chi connectivity index (χ0v) is 16.3. The molecule has 0 aliphatic heterocycles. The molecule has 3 aromatic rings. The molecule has 3 rings (SSSR count). The zero-order chi connectivity index (χ0) is 18.9. The van der Waals surface area contributed by atoms with E-state index in [0.717, 1.165) is 25.1 Å². The van der Waals surface area contributed by atoms with Crippen LogP contribution in [0.3, 0.4) is 0 Å². The third-order valence-electron chi connectivity index (χ3n) is 4.94. The van der Waals surface area contributed by atoms with E-state index in [1.54, 1.807) is 0 Å². The highest BCUT2D eigenvalue weighted by atomic mass is 16.5. The van der Waals surface area contributed by atoms with Gasteiger partial charge in [-0.3, -0.25) is 0 Å². The molecule has 140 valence electrons. The maximum atomic E-state index is 5.92. The minimum atomic E-state index is 0.488. The Labute approximate surface area is 163 Å². The van der Waals surface area contributed by atoms with Crippen LogP contribution in [0.1, 0.15) is 35.6 Å². The van der Waals surface area contributed by atoms with Gasteiger partial charge in [0.1, 0.15) is 12.4 Å². The lowest BCUT2D eigenvalue weighted by atomic mass is 10.1. The van der Waals surface area contributed by atoms with Gasteiger partial charge < -0.3 is 10.1 Å². The molecule has 3 aromatic carbocycles. The number of hydrogen-bond acceptors (Lipinski definition) is 2. The van der Waals surface area contributed by atoms with Crippen LogP contribution in [0.5, 0.6) is 5.75 Å². The molecule has 0 spiro atoms. The van der Waals surface area contributed by atoms with Gasteiger partial charge in [0.2, 0.25) is 0 Å². The number of ether oxygens (including phenoxy) is 1. The quantitative estimate of drug-likeness (QED) is 0.530. The Kier molecular flexibility index (Phi) is 7.06. The molecule has 0 aliphatic rings. The van der Waals surface area contributed by atoms with Crippen LogP contribution in [0.4, 0.5) is 0 Å². The number of aryl methyl sites for hydroxylation is 2. The Balaban J connectivity index is 1.41. The average molecular weight is 360 g/mol. The van der Waals surface area contributed by atoms with Crippen LogP contribution in [-0.2, 0) is 19.6 Å². The molecule has 0 saturated heterocycles. The first-order valence-electron chi connectivity index (χ1n) is 9.74. The summed E-state index contributed by atoms with van der Waals surface area (Å²) in [5, 5.41) is 3.61. The van der Waals surface area contributed by atoms with E-state index in [2.05, 4.69) is 98.0 Å². The Bertz CT molecular complexity index is 811. The SMILES string of the molecule is Cc1ccccc1COc1ccc(CN[C@H](C)CCc2ccccc2)cc1. The van der Waals surface area contributed by atoms with Gasteiger partial charge >= 0.3 is 0 Å². The van der Waals surface area contributed by atoms with Crippen molar-refractivity contribution in [2.75, 3.05) is 0 Å². The van der Waals surface area contributed by atoms with Crippen LogP contribution < -0.4 is 10.1 Å². The van der Waals surface area contributed by atoms with Crippen molar-refractivity contribution in [3.63, 3.8) is 0 Å². The molecule has 0 unspecified atom stereocenters. The van der Waals surface area contributed by atoms with E-state index in [9.17, 15) is 0 Å². The Morgan fingerprint density at radius 1 is 0.815 bits per heavy atom. The third kappa shape index (κ3) is 6.26. The van der Waals surface area contributed by atoms with E-state index in [1.165, 1.54) is 22.3 Å². The fourth-order valence-corrected chi connectivity index (χ4v) is 3.06. The van der Waals surface area contributed by atoms with Crippen LogP contribution >= 0.6 is 0 Å². The Morgan fingerprint density at radius 2 is 1.52 bits per heavy atom. The summed E-state index contributed by atoms with van der Waals surface area (Å²) in [5.41, 5.74) is 5.18. The lowest BCUT2D eigenvalue weighted by molar-refractivity contribution is 0.305. The van der Waals surface area contributed by atoms with E-state index in [-0.39, 0.29) is 0 Å². The molecule has 0 aliphatic carbocycles. The topological polar surface area (TPSA) is 21.3 Å². The molecule has 0 aromatic heterocycles. The summed E-state index contributed by atoms with van der Waals surface area (Å²) in [7, 11) is 0. The standard InChI is InChI=1S/C25H29NO/c1-20-8-6-7-11-24(20)19-27-25-16-14-23(15-17-25)18-26-21(2)12-13-22-9-4-3-5-10-22/h3-11,14-17,21,26H,12-13,18-19H2,1-2H3/t21-/m1/s1. The van der Waals surface area contributed by atoms with Gasteiger partial charge in [-0.25, -0.2) is 0 Å². The Hall–Kier alpha value is -2.58. The maximum absolute atomic E-state index is 5.92. The van der Waals surface area contributed by atoms with Gasteiger partial charge in [0.25, 0.3) is 0 Å². The fraction of sp³-hybridized carbons (Fsp3) is 0.280. The molecular weight excluding hydrogens is 330 g/mol. The predicted octanol–water partition coefficient (Wildman–Crippen LogP) is 5.68. The van der Waals surface area contributed by atoms with E-state index >= 15 is 0 Å². The summed E-state index contributed by atoms with van der Waals surface area (Å²) in [5.74, 6) is 0.916. The van der Waals surface area contributed by atoms with E-state index in [4.69, 9.17) is 4.74 Å². The van der Waals surface area contributed by atoms with Crippen molar-refractivity contribution >= 4 is 0 Å². The zero-order valence-electron chi connectivity index (χ0n) is 16.3. The van der Waals surface area contributed by atoms with Gasteiger partial charge in [-0.2, -0.15) is 0 Å². The lowest BCUT2D eigenvalue weighted by Gasteiger charge is -2.14. The van der Waals surface area contributed by atoms with Crippen LogP contribution in [0.25, 0.3) is 0 Å². The largest absolute Gasteiger partial charge is 0.489 e. The molecule has 0 radical (unpaired) electrons. The fourth-order valence-electron chi connectivity index (χ4n) is 3.06. The second-order valence-corrected chi connectivity index (χ2v) is 7.17. The van der Waals surface area contributed by atoms with Crippen molar-refractivity contribution < 1.29 is 4.74 Å². The smallest absolute Gasteiger partial charge is 0.119 e. The van der Waals surface area contributed by atoms with E-state index in [1.807, 2.05) is 0 Å². The summed E-state index contributed by atoms with van der Waals surface area (Å²) in [4.78, 5) is 0. The summed E-state index contributed by atoms with van der Waals surface area (Å²) in [6.45, 7) is 5.86. The van der Waals surface area contributed by atoms with Gasteiger partial charge in [-0.05, 0) is 61.1 Å². The number of nitrogens with one attached hydrogen (secondary N) is 1. The van der Waals surface area contributed by atoms with Crippen molar-refractivity contribution in [3.05, 3.63) is 101 Å². The summed E-state index contributed by atoms with van der Waals surface area (Å²) >= 11 is 0. The van der Waals surface area contributed by atoms with E-state index in [0.29, 0.717) is 12.6 Å². The first-order chi connectivity index (χ1) is 13.2. The summed E-state index contributed by atoms with van der Waals surface area (Å²) in [6, 6.07) is 27.9. The number of benzene rings is 3. The average Bonchev–Trinajstić information content (AvgIpc) is 2.72. The van der Waals surface area contributed by atoms with Crippen LogP contribution in [-0.4, -0.2) is 6.04 Å². The second kappa shape index (κ2) is 9.94. The predicted molar refractivity (Wildman–Crippen MR) is 113 cm³/mol. The lowest BCUT2D eigenvalue weighted by Crippen LogP contribution is -2.25. The minimum Gasteiger partial charge on any atom is -0.489 e. The number of rotatable bonds is 9. The molecule has 1 N–H and O–H groups in total. The normalized spacial score (nSPS) is 11.9. The monoisotopic (exact) mass is 359 g/mol. The van der Waals surface area contributed by atoms with Crippen molar-refractivity contribution in [1.29, 1.82) is 0 Å². The van der Waals surface area contributed by atoms with Gasteiger partial charge in [-0.1, -0.05) is 66.7 Å². The first-order valence-corrected chi connectivity index (χ1v) is 9.74. The van der Waals surface area contributed by atoms with E-state index < -0.39 is 0 Å². The highest BCUT2D eigenvalue weighted by Crippen LogP contribution is 2.16. The van der Waals surface area contributed by atoms with Crippen molar-refractivity contribution in [3.8, 4) is 5.75 Å². The number of hydrogen-bond donors (Lipinski definition) is 1. The minimum absolute atomic E-state index is 0.488. The van der Waals surface area contributed by atoms with Crippen molar-refractivity contribution in [2.45, 2.75) is 45.9 Å². The molecule has 2 nitrogen and oxygen atoms in total. The van der Waals surface area contributed by atoms with Crippen LogP contribution in [0.15, 0.2) is 78.9 Å². The molecule has 1 atom stereocenters. The van der Waals surface area contributed by atoms with Gasteiger partial charge in [-0.15, -0.1) is 0 Å². The van der Waals surface area contributed by atoms with Gasteiger partial charge in [0.05, 0.1) is 0 Å². The first kappa shape index (κ1) is 19.2. The maximum Gasteiger partial charge on any atom is 0.119 e. The molecule has 2 heteroatoms. The molecule has 0 amide bonds. The van der Waals surface area contributed by atoms with Gasteiger partial charge in [0.15, 0.2) is 0 Å². The van der Waals surface area contributed by atoms with Crippen molar-refractivity contribution in [2.24, 2.45) is 0 Å². The summed E-state index contributed by atoms with van der Waals surface area (Å²) < 4.78 is 5.92. The van der Waals surface area contributed by atoms with Crippen molar-refractivity contribution in [1.82, 2.24) is 5.32 Å².